The number of phosphoric ester groups is 2. The number of hydrogen-bond donors (Lipinski definition) is 4. The minimum atomic E-state index is -4.94. The molecule has 0 bridgehead atoms. The van der Waals surface area contributed by atoms with Crippen LogP contribution in [-0.4, -0.2) is 95.9 Å². The molecule has 0 aromatic rings. The molecule has 0 amide bonds. The monoisotopic (exact) mass is 1450 g/mol. The summed E-state index contributed by atoms with van der Waals surface area (Å²) in [6.45, 7) is 2.34. The highest BCUT2D eigenvalue weighted by atomic mass is 31.2. The fraction of sp³-hybridized carbons (Fsp3) is 0.651. The van der Waals surface area contributed by atoms with Gasteiger partial charge in [0.05, 0.1) is 26.4 Å². The summed E-state index contributed by atoms with van der Waals surface area (Å²) in [6, 6.07) is 0. The Kier molecular flexibility index (Phi) is 71.3. The average Bonchev–Trinajstić information content (AvgIpc) is 0.943. The number of hydrogen-bond acceptors (Lipinski definition) is 14. The standard InChI is InChI=1S/C83H138O16P2/c1-4-7-10-13-16-19-22-25-27-29-31-33-35-37-38-40-42-43-45-47-49-52-54-57-60-63-66-69-81(86)93-72-78(84)73-95-100(89,90)96-74-79(85)75-97-101(91,92)98-77-80(99-83(88)71-68-65-62-59-56-51-24-21-18-15-12-9-6-3)76-94-82(87)70-67-64-61-58-55-53-50-48-46-44-41-39-36-34-32-30-28-26-23-20-17-14-11-8-5-2/h7-8,10-12,15-17,19-21,24-28,31-34,37-39,41,46,48,78-80,84-85H,4-6,9,13-14,18,22-23,29-30,35-36,40,42-45,47,49-77H2,1-3H3,(H,89,90)(H,91,92)/b10-7-,11-8-,15-12-,19-16-,20-17-,24-21-,27-25-,28-26-,33-31-,34-32-,38-37-,41-39-,48-46-. The molecule has 18 heteroatoms. The van der Waals surface area contributed by atoms with Crippen LogP contribution in [-0.2, 0) is 55.8 Å². The number of allylic oxidation sites excluding steroid dienone is 26. The molecule has 0 radical (unpaired) electrons. The van der Waals surface area contributed by atoms with Crippen molar-refractivity contribution in [3.05, 3.63) is 158 Å². The van der Waals surface area contributed by atoms with Crippen LogP contribution in [0.4, 0.5) is 0 Å². The number of carbonyl (C=O) groups excluding carboxylic acids is 3. The van der Waals surface area contributed by atoms with E-state index in [0.717, 1.165) is 186 Å². The predicted molar refractivity (Wildman–Crippen MR) is 417 cm³/mol. The first kappa shape index (κ1) is 96.2. The van der Waals surface area contributed by atoms with Crippen LogP contribution in [0.15, 0.2) is 158 Å². The number of phosphoric acid groups is 2. The second-order valence-electron chi connectivity index (χ2n) is 25.4. The maximum Gasteiger partial charge on any atom is 0.472 e. The lowest BCUT2D eigenvalue weighted by molar-refractivity contribution is -0.161. The number of ether oxygens (including phenoxy) is 3. The number of esters is 3. The maximum absolute atomic E-state index is 12.9. The molecule has 0 aliphatic heterocycles. The predicted octanol–water partition coefficient (Wildman–Crippen LogP) is 22.6. The molecule has 576 valence electrons. The van der Waals surface area contributed by atoms with Gasteiger partial charge in [0.25, 0.3) is 0 Å². The Morgan fingerprint density at radius 2 is 0.525 bits per heavy atom. The second-order valence-corrected chi connectivity index (χ2v) is 28.3. The van der Waals surface area contributed by atoms with Gasteiger partial charge in [0.15, 0.2) is 6.10 Å². The zero-order valence-electron chi connectivity index (χ0n) is 62.8. The quantitative estimate of drug-likeness (QED) is 0.0146. The first-order valence-corrected chi connectivity index (χ1v) is 41.8. The van der Waals surface area contributed by atoms with E-state index in [9.17, 15) is 43.5 Å². The van der Waals surface area contributed by atoms with Gasteiger partial charge in [-0.3, -0.25) is 32.5 Å². The van der Waals surface area contributed by atoms with Gasteiger partial charge in [-0.05, 0) is 141 Å². The highest BCUT2D eigenvalue weighted by Gasteiger charge is 2.29. The first-order valence-electron chi connectivity index (χ1n) is 38.8. The molecule has 0 aromatic carbocycles. The number of aliphatic hydroxyl groups excluding tert-OH is 2. The molecule has 5 unspecified atom stereocenters. The van der Waals surface area contributed by atoms with E-state index in [1.54, 1.807) is 0 Å². The van der Waals surface area contributed by atoms with E-state index >= 15 is 0 Å². The number of carbonyl (C=O) groups is 3. The first-order chi connectivity index (χ1) is 49.2. The molecule has 0 saturated carbocycles. The van der Waals surface area contributed by atoms with Gasteiger partial charge < -0.3 is 34.2 Å². The third-order valence-electron chi connectivity index (χ3n) is 15.7. The van der Waals surface area contributed by atoms with Gasteiger partial charge in [0.2, 0.25) is 0 Å². The van der Waals surface area contributed by atoms with Crippen LogP contribution in [0.2, 0.25) is 0 Å². The van der Waals surface area contributed by atoms with Crippen LogP contribution in [0.25, 0.3) is 0 Å². The summed E-state index contributed by atoms with van der Waals surface area (Å²) in [6.07, 6.45) is 92.9. The molecule has 0 saturated heterocycles. The number of rotatable bonds is 72. The molecule has 101 heavy (non-hydrogen) atoms. The fourth-order valence-corrected chi connectivity index (χ4v) is 11.5. The van der Waals surface area contributed by atoms with Crippen LogP contribution >= 0.6 is 15.6 Å². The Labute approximate surface area is 612 Å². The summed E-state index contributed by atoms with van der Waals surface area (Å²) in [4.78, 5) is 58.6. The van der Waals surface area contributed by atoms with Crippen molar-refractivity contribution in [2.75, 3.05) is 39.6 Å². The molecule has 0 aliphatic rings. The van der Waals surface area contributed by atoms with Gasteiger partial charge in [-0.2, -0.15) is 0 Å². The highest BCUT2D eigenvalue weighted by Crippen LogP contribution is 2.45. The third-order valence-corrected chi connectivity index (χ3v) is 17.6. The smallest absolute Gasteiger partial charge is 0.463 e. The van der Waals surface area contributed by atoms with E-state index in [-0.39, 0.29) is 19.3 Å². The van der Waals surface area contributed by atoms with E-state index in [0.29, 0.717) is 19.3 Å². The molecule has 0 rings (SSSR count). The van der Waals surface area contributed by atoms with Crippen LogP contribution in [0.1, 0.15) is 290 Å². The Bertz CT molecular complexity index is 2470. The van der Waals surface area contributed by atoms with E-state index in [2.05, 4.69) is 179 Å². The van der Waals surface area contributed by atoms with Crippen molar-refractivity contribution in [1.82, 2.24) is 0 Å². The summed E-state index contributed by atoms with van der Waals surface area (Å²) >= 11 is 0. The van der Waals surface area contributed by atoms with Crippen LogP contribution in [0, 0.1) is 0 Å². The highest BCUT2D eigenvalue weighted by molar-refractivity contribution is 7.47. The van der Waals surface area contributed by atoms with Crippen LogP contribution in [0.5, 0.6) is 0 Å². The molecule has 0 heterocycles. The lowest BCUT2D eigenvalue weighted by atomic mass is 10.0. The molecule has 4 N–H and O–H groups in total. The molecule has 0 fully saturated rings. The largest absolute Gasteiger partial charge is 0.472 e. The van der Waals surface area contributed by atoms with E-state index in [1.165, 1.54) is 44.9 Å². The summed E-state index contributed by atoms with van der Waals surface area (Å²) in [5.41, 5.74) is 0. The Balaban J connectivity index is 4.57. The van der Waals surface area contributed by atoms with Crippen molar-refractivity contribution >= 4 is 33.6 Å². The van der Waals surface area contributed by atoms with Crippen LogP contribution in [0.3, 0.4) is 0 Å². The molecular formula is C83H138O16P2. The lowest BCUT2D eigenvalue weighted by Crippen LogP contribution is -2.30. The molecule has 5 atom stereocenters. The van der Waals surface area contributed by atoms with Crippen molar-refractivity contribution < 1.29 is 75.8 Å². The number of aliphatic hydroxyl groups is 2. The van der Waals surface area contributed by atoms with Crippen LogP contribution < -0.4 is 0 Å². The fourth-order valence-electron chi connectivity index (χ4n) is 9.87. The second kappa shape index (κ2) is 74.9. The normalized spacial score (nSPS) is 14.9. The van der Waals surface area contributed by atoms with E-state index in [4.69, 9.17) is 32.3 Å². The summed E-state index contributed by atoms with van der Waals surface area (Å²) in [5.74, 6) is -1.62. The third kappa shape index (κ3) is 76.1. The van der Waals surface area contributed by atoms with Crippen molar-refractivity contribution in [3.63, 3.8) is 0 Å². The van der Waals surface area contributed by atoms with Gasteiger partial charge in [-0.15, -0.1) is 0 Å². The van der Waals surface area contributed by atoms with Crippen molar-refractivity contribution in [2.24, 2.45) is 0 Å². The summed E-state index contributed by atoms with van der Waals surface area (Å²) in [5, 5.41) is 20.6. The SMILES string of the molecule is CC/C=C\C/C=C\C/C=C\C/C=C\C/C=C\C/C=C\CCCCCCCCC(=O)OCC(COP(=O)(O)OCC(O)COP(=O)(O)OCC(O)COC(=O)CCCCCCCCCCCCC/C=C\C/C=C\C/C=C\C/C=C\C/C=C\CC)OC(=O)CCCCCCC/C=C\C/C=C\CCC. The Morgan fingerprint density at radius 3 is 0.832 bits per heavy atom. The van der Waals surface area contributed by atoms with Gasteiger partial charge in [0, 0.05) is 19.3 Å². The summed E-state index contributed by atoms with van der Waals surface area (Å²) < 4.78 is 61.1. The Hall–Kier alpha value is -4.83. The minimum Gasteiger partial charge on any atom is -0.463 e. The minimum absolute atomic E-state index is 0.0799. The molecular weight excluding hydrogens is 1310 g/mol. The molecule has 0 aliphatic carbocycles. The van der Waals surface area contributed by atoms with E-state index in [1.807, 2.05) is 0 Å². The number of unbranched alkanes of at least 4 members (excludes halogenated alkanes) is 23. The van der Waals surface area contributed by atoms with Gasteiger partial charge in [0.1, 0.15) is 25.4 Å². The maximum atomic E-state index is 12.9. The topological polar surface area (TPSA) is 231 Å². The Morgan fingerprint density at radius 1 is 0.287 bits per heavy atom. The van der Waals surface area contributed by atoms with E-state index < -0.39 is 91.5 Å². The molecule has 16 nitrogen and oxygen atoms in total. The van der Waals surface area contributed by atoms with Gasteiger partial charge in [-0.25, -0.2) is 9.13 Å². The van der Waals surface area contributed by atoms with Crippen molar-refractivity contribution in [3.8, 4) is 0 Å². The molecule has 0 spiro atoms. The van der Waals surface area contributed by atoms with Gasteiger partial charge in [-0.1, -0.05) is 288 Å². The average molecular weight is 1450 g/mol. The summed E-state index contributed by atoms with van der Waals surface area (Å²) in [7, 11) is -9.80. The lowest BCUT2D eigenvalue weighted by Gasteiger charge is -2.21. The van der Waals surface area contributed by atoms with Crippen molar-refractivity contribution in [2.45, 2.75) is 309 Å². The van der Waals surface area contributed by atoms with Gasteiger partial charge >= 0.3 is 33.6 Å². The zero-order valence-corrected chi connectivity index (χ0v) is 64.6. The molecule has 0 aromatic heterocycles. The zero-order chi connectivity index (χ0) is 73.7. The van der Waals surface area contributed by atoms with Crippen molar-refractivity contribution in [1.29, 1.82) is 0 Å².